The number of thioether (sulfide) groups is 1. The summed E-state index contributed by atoms with van der Waals surface area (Å²) in [6.45, 7) is 5.10. The minimum absolute atomic E-state index is 0.116. The van der Waals surface area contributed by atoms with Gasteiger partial charge in [0, 0.05) is 9.26 Å². The molecule has 0 aliphatic heterocycles. The van der Waals surface area contributed by atoms with Gasteiger partial charge in [-0.05, 0) is 67.1 Å². The Hall–Kier alpha value is -0.760. The van der Waals surface area contributed by atoms with Crippen LogP contribution in [0, 0.1) is 10.5 Å². The van der Waals surface area contributed by atoms with Crippen molar-refractivity contribution in [2.75, 3.05) is 11.1 Å². The average Bonchev–Trinajstić information content (AvgIpc) is 2.30. The largest absolute Gasteiger partial charge is 0.480 e. The third kappa shape index (κ3) is 5.02. The molecule has 0 aliphatic carbocycles. The number of aryl methyl sites for hydroxylation is 1. The number of benzene rings is 1. The van der Waals surface area contributed by atoms with Crippen LogP contribution in [0.2, 0.25) is 0 Å². The number of halogens is 1. The minimum atomic E-state index is -0.960. The predicted octanol–water partition coefficient (Wildman–Crippen LogP) is 3.13. The van der Waals surface area contributed by atoms with E-state index in [0.29, 0.717) is 0 Å². The molecular weight excluding hydrogens is 377 g/mol. The highest BCUT2D eigenvalue weighted by molar-refractivity contribution is 14.1. The van der Waals surface area contributed by atoms with E-state index in [1.54, 1.807) is 13.8 Å². The molecule has 0 aromatic heterocycles. The van der Waals surface area contributed by atoms with Gasteiger partial charge in [0.25, 0.3) is 0 Å². The number of hydrogen-bond acceptors (Lipinski definition) is 3. The van der Waals surface area contributed by atoms with E-state index in [2.05, 4.69) is 27.9 Å². The number of carboxylic acids is 1. The van der Waals surface area contributed by atoms with Gasteiger partial charge < -0.3 is 10.4 Å². The predicted molar refractivity (Wildman–Crippen MR) is 86.7 cm³/mol. The summed E-state index contributed by atoms with van der Waals surface area (Å²) < 4.78 is 0.146. The van der Waals surface area contributed by atoms with Gasteiger partial charge >= 0.3 is 5.97 Å². The Kier molecular flexibility index (Phi) is 5.66. The lowest BCUT2D eigenvalue weighted by Crippen LogP contribution is -2.29. The van der Waals surface area contributed by atoms with Gasteiger partial charge in [0.1, 0.15) is 4.75 Å². The number of carbonyl (C=O) groups is 2. The highest BCUT2D eigenvalue weighted by atomic mass is 127. The molecule has 0 aliphatic rings. The van der Waals surface area contributed by atoms with Gasteiger partial charge in [0.2, 0.25) is 5.91 Å². The number of rotatable bonds is 5. The van der Waals surface area contributed by atoms with Gasteiger partial charge in [-0.3, -0.25) is 9.59 Å². The molecule has 0 fully saturated rings. The molecule has 2 N–H and O–H groups in total. The summed E-state index contributed by atoms with van der Waals surface area (Å²) >= 11 is 3.32. The number of hydrogen-bond donors (Lipinski definition) is 2. The van der Waals surface area contributed by atoms with Crippen LogP contribution in [0.25, 0.3) is 0 Å². The molecule has 6 heteroatoms. The van der Waals surface area contributed by atoms with Gasteiger partial charge in [-0.25, -0.2) is 0 Å². The fourth-order valence-electron chi connectivity index (χ4n) is 1.26. The molecule has 0 saturated carbocycles. The summed E-state index contributed by atoms with van der Waals surface area (Å²) in [5, 5.41) is 11.8. The Morgan fingerprint density at radius 3 is 2.58 bits per heavy atom. The van der Waals surface area contributed by atoms with Crippen molar-refractivity contribution in [3.63, 3.8) is 0 Å². The normalized spacial score (nSPS) is 11.2. The highest BCUT2D eigenvalue weighted by Crippen LogP contribution is 2.25. The Labute approximate surface area is 130 Å². The zero-order chi connectivity index (χ0) is 14.6. The lowest BCUT2D eigenvalue weighted by atomic mass is 10.2. The lowest BCUT2D eigenvalue weighted by molar-refractivity contribution is -0.138. The molecule has 0 saturated heterocycles. The van der Waals surface area contributed by atoms with E-state index in [9.17, 15) is 9.59 Å². The first-order valence-corrected chi connectivity index (χ1v) is 7.72. The Morgan fingerprint density at radius 2 is 2.05 bits per heavy atom. The van der Waals surface area contributed by atoms with Crippen LogP contribution in [0.4, 0.5) is 5.69 Å². The summed E-state index contributed by atoms with van der Waals surface area (Å²) in [4.78, 5) is 22.7. The van der Waals surface area contributed by atoms with E-state index in [1.165, 1.54) is 0 Å². The second kappa shape index (κ2) is 6.60. The van der Waals surface area contributed by atoms with E-state index in [-0.39, 0.29) is 11.7 Å². The molecule has 1 rings (SSSR count). The molecule has 0 heterocycles. The Balaban J connectivity index is 2.59. The number of amides is 1. The van der Waals surface area contributed by atoms with Crippen molar-refractivity contribution in [2.45, 2.75) is 25.5 Å². The lowest BCUT2D eigenvalue weighted by Gasteiger charge is -2.18. The van der Waals surface area contributed by atoms with Crippen molar-refractivity contribution in [1.29, 1.82) is 0 Å². The summed E-state index contributed by atoms with van der Waals surface area (Å²) in [5.74, 6) is -0.996. The van der Waals surface area contributed by atoms with Gasteiger partial charge in [0.05, 0.1) is 5.75 Å². The summed E-state index contributed by atoms with van der Waals surface area (Å²) in [6.07, 6.45) is 0. The first kappa shape index (κ1) is 16.3. The van der Waals surface area contributed by atoms with Gasteiger partial charge in [-0.2, -0.15) is 0 Å². The van der Waals surface area contributed by atoms with Crippen molar-refractivity contribution in [3.8, 4) is 0 Å². The Morgan fingerprint density at radius 1 is 1.42 bits per heavy atom. The summed E-state index contributed by atoms with van der Waals surface area (Å²) in [6, 6.07) is 5.74. The molecule has 1 amide bonds. The van der Waals surface area contributed by atoms with Crippen LogP contribution in [-0.2, 0) is 9.59 Å². The van der Waals surface area contributed by atoms with E-state index in [0.717, 1.165) is 26.6 Å². The highest BCUT2D eigenvalue weighted by Gasteiger charge is 2.28. The van der Waals surface area contributed by atoms with Crippen molar-refractivity contribution < 1.29 is 14.7 Å². The average molecular weight is 393 g/mol. The first-order chi connectivity index (χ1) is 8.72. The molecule has 4 nitrogen and oxygen atoms in total. The van der Waals surface area contributed by atoms with E-state index >= 15 is 0 Å². The van der Waals surface area contributed by atoms with Crippen molar-refractivity contribution in [3.05, 3.63) is 27.3 Å². The quantitative estimate of drug-likeness (QED) is 0.755. The number of carboxylic acid groups (broad SMARTS) is 1. The first-order valence-electron chi connectivity index (χ1n) is 5.66. The molecular formula is C13H16INO3S. The van der Waals surface area contributed by atoms with Gasteiger partial charge in [-0.15, -0.1) is 11.8 Å². The molecule has 0 radical (unpaired) electrons. The van der Waals surface area contributed by atoms with Gasteiger partial charge in [-0.1, -0.05) is 0 Å². The van der Waals surface area contributed by atoms with Crippen molar-refractivity contribution in [1.82, 2.24) is 0 Å². The second-order valence-electron chi connectivity index (χ2n) is 4.61. The molecule has 0 atom stereocenters. The molecule has 104 valence electrons. The summed E-state index contributed by atoms with van der Waals surface area (Å²) in [7, 11) is 0. The molecule has 19 heavy (non-hydrogen) atoms. The van der Waals surface area contributed by atoms with Crippen LogP contribution in [-0.4, -0.2) is 27.5 Å². The number of carbonyl (C=O) groups excluding carboxylic acids is 1. The second-order valence-corrected chi connectivity index (χ2v) is 7.46. The van der Waals surface area contributed by atoms with Crippen LogP contribution in [0.15, 0.2) is 18.2 Å². The molecule has 0 unspecified atom stereocenters. The van der Waals surface area contributed by atoms with E-state index < -0.39 is 10.7 Å². The fourth-order valence-corrected chi connectivity index (χ4v) is 2.60. The van der Waals surface area contributed by atoms with Crippen LogP contribution < -0.4 is 5.32 Å². The fraction of sp³-hybridized carbons (Fsp3) is 0.385. The van der Waals surface area contributed by atoms with E-state index in [4.69, 9.17) is 5.11 Å². The third-order valence-electron chi connectivity index (χ3n) is 2.54. The SMILES string of the molecule is Cc1cc(I)ccc1NC(=O)CSC(C)(C)C(=O)O. The monoisotopic (exact) mass is 393 g/mol. The maximum atomic E-state index is 11.8. The van der Waals surface area contributed by atoms with Crippen LogP contribution in [0.1, 0.15) is 19.4 Å². The van der Waals surface area contributed by atoms with Crippen LogP contribution in [0.5, 0.6) is 0 Å². The van der Waals surface area contributed by atoms with Crippen LogP contribution in [0.3, 0.4) is 0 Å². The third-order valence-corrected chi connectivity index (χ3v) is 4.52. The zero-order valence-corrected chi connectivity index (χ0v) is 14.0. The number of anilines is 1. The summed E-state index contributed by atoms with van der Waals surface area (Å²) in [5.41, 5.74) is 1.75. The van der Waals surface area contributed by atoms with E-state index in [1.807, 2.05) is 25.1 Å². The smallest absolute Gasteiger partial charge is 0.319 e. The molecule has 0 spiro atoms. The molecule has 1 aromatic carbocycles. The topological polar surface area (TPSA) is 66.4 Å². The maximum Gasteiger partial charge on any atom is 0.319 e. The number of aliphatic carboxylic acids is 1. The van der Waals surface area contributed by atoms with Crippen molar-refractivity contribution in [2.24, 2.45) is 0 Å². The van der Waals surface area contributed by atoms with Crippen LogP contribution >= 0.6 is 34.4 Å². The maximum absolute atomic E-state index is 11.8. The standard InChI is InChI=1S/C13H16INO3S/c1-8-6-9(14)4-5-10(8)15-11(16)7-19-13(2,3)12(17)18/h4-6H,7H2,1-3H3,(H,15,16)(H,17,18). The zero-order valence-electron chi connectivity index (χ0n) is 11.0. The Bertz CT molecular complexity index is 503. The van der Waals surface area contributed by atoms with Crippen molar-refractivity contribution >= 4 is 51.9 Å². The molecule has 0 bridgehead atoms. The number of nitrogens with one attached hydrogen (secondary N) is 1. The minimum Gasteiger partial charge on any atom is -0.480 e. The van der Waals surface area contributed by atoms with Gasteiger partial charge in [0.15, 0.2) is 0 Å². The molecule has 1 aromatic rings.